The van der Waals surface area contributed by atoms with Gasteiger partial charge in [0.15, 0.2) is 0 Å². The summed E-state index contributed by atoms with van der Waals surface area (Å²) in [7, 11) is 0. The zero-order valence-electron chi connectivity index (χ0n) is 9.64. The lowest BCUT2D eigenvalue weighted by atomic mass is 10.2. The van der Waals surface area contributed by atoms with Crippen LogP contribution in [-0.4, -0.2) is 26.1 Å². The second-order valence-corrected chi connectivity index (χ2v) is 3.54. The Kier molecular flexibility index (Phi) is 3.36. The van der Waals surface area contributed by atoms with Crippen molar-refractivity contribution in [2.24, 2.45) is 0 Å². The van der Waals surface area contributed by atoms with Crippen LogP contribution in [0.25, 0.3) is 0 Å². The normalized spacial score (nSPS) is 12.9. The lowest BCUT2D eigenvalue weighted by Gasteiger charge is -2.16. The van der Waals surface area contributed by atoms with Crippen LogP contribution in [0.1, 0.15) is 31.5 Å². The van der Waals surface area contributed by atoms with Crippen molar-refractivity contribution in [1.82, 2.24) is 24.8 Å². The number of hydrogen-bond donors (Lipinski definition) is 2. The van der Waals surface area contributed by atoms with E-state index in [4.69, 9.17) is 0 Å². The molecule has 86 valence electrons. The highest BCUT2D eigenvalue weighted by Crippen LogP contribution is 2.16. The number of rotatable bonds is 5. The van der Waals surface area contributed by atoms with Crippen molar-refractivity contribution in [2.45, 2.75) is 26.4 Å². The molecule has 2 rings (SSSR count). The van der Waals surface area contributed by atoms with Gasteiger partial charge in [0.2, 0.25) is 0 Å². The molecule has 2 aromatic heterocycles. The van der Waals surface area contributed by atoms with Crippen LogP contribution >= 0.6 is 0 Å². The lowest BCUT2D eigenvalue weighted by molar-refractivity contribution is 0.540. The zero-order valence-corrected chi connectivity index (χ0v) is 9.64. The quantitative estimate of drug-likeness (QED) is 0.797. The molecule has 0 aliphatic heterocycles. The fourth-order valence-electron chi connectivity index (χ4n) is 1.80. The van der Waals surface area contributed by atoms with Gasteiger partial charge in [-0.2, -0.15) is 0 Å². The Morgan fingerprint density at radius 3 is 2.88 bits per heavy atom. The third-order valence-corrected chi connectivity index (χ3v) is 2.55. The Bertz CT molecular complexity index is 417. The predicted molar refractivity (Wildman–Crippen MR) is 62.0 cm³/mol. The van der Waals surface area contributed by atoms with E-state index in [1.807, 2.05) is 18.6 Å². The number of H-pyrrole nitrogens is 1. The molecule has 0 aliphatic carbocycles. The molecule has 0 bridgehead atoms. The number of aryl methyl sites for hydroxylation is 1. The Hall–Kier alpha value is -1.62. The molecule has 5 nitrogen and oxygen atoms in total. The number of nitrogens with one attached hydrogen (secondary N) is 2. The summed E-state index contributed by atoms with van der Waals surface area (Å²) in [6, 6.07) is 0.0370. The molecular formula is C11H17N5. The maximum Gasteiger partial charge on any atom is 0.133 e. The van der Waals surface area contributed by atoms with Crippen molar-refractivity contribution in [1.29, 1.82) is 0 Å². The number of aromatic nitrogens is 4. The van der Waals surface area contributed by atoms with E-state index < -0.39 is 0 Å². The number of imidazole rings is 2. The van der Waals surface area contributed by atoms with Gasteiger partial charge in [-0.05, 0) is 13.5 Å². The molecule has 2 aromatic rings. The standard InChI is InChI=1S/C11H17N5/c1-3-12-9(10-13-5-6-14-10)11-15-7-8-16(11)4-2/h5-9,12H,3-4H2,1-2H3,(H,13,14). The molecule has 1 unspecified atom stereocenters. The Balaban J connectivity index is 2.33. The Labute approximate surface area is 94.9 Å². The van der Waals surface area contributed by atoms with Crippen molar-refractivity contribution < 1.29 is 0 Å². The molecule has 0 aliphatic rings. The van der Waals surface area contributed by atoms with E-state index in [9.17, 15) is 0 Å². The minimum atomic E-state index is 0.0370. The van der Waals surface area contributed by atoms with Crippen LogP contribution in [0.5, 0.6) is 0 Å². The smallest absolute Gasteiger partial charge is 0.133 e. The van der Waals surface area contributed by atoms with Gasteiger partial charge in [0.1, 0.15) is 17.7 Å². The number of aromatic amines is 1. The van der Waals surface area contributed by atoms with Gasteiger partial charge in [-0.15, -0.1) is 0 Å². The third-order valence-electron chi connectivity index (χ3n) is 2.55. The second-order valence-electron chi connectivity index (χ2n) is 3.54. The zero-order chi connectivity index (χ0) is 11.4. The largest absolute Gasteiger partial charge is 0.347 e. The maximum atomic E-state index is 4.40. The average Bonchev–Trinajstić information content (AvgIpc) is 2.96. The van der Waals surface area contributed by atoms with Crippen LogP contribution < -0.4 is 5.32 Å². The first-order chi connectivity index (χ1) is 7.86. The molecule has 0 saturated heterocycles. The molecule has 0 aromatic carbocycles. The first-order valence-electron chi connectivity index (χ1n) is 5.60. The van der Waals surface area contributed by atoms with Gasteiger partial charge in [-0.1, -0.05) is 6.92 Å². The van der Waals surface area contributed by atoms with Crippen molar-refractivity contribution in [3.05, 3.63) is 36.4 Å². The predicted octanol–water partition coefficient (Wildman–Crippen LogP) is 1.32. The first kappa shape index (κ1) is 10.9. The Morgan fingerprint density at radius 1 is 1.38 bits per heavy atom. The van der Waals surface area contributed by atoms with Crippen LogP contribution in [0, 0.1) is 0 Å². The molecule has 0 amide bonds. The van der Waals surface area contributed by atoms with Gasteiger partial charge in [-0.25, -0.2) is 9.97 Å². The highest BCUT2D eigenvalue weighted by Gasteiger charge is 2.19. The first-order valence-corrected chi connectivity index (χ1v) is 5.60. The summed E-state index contributed by atoms with van der Waals surface area (Å²) < 4.78 is 2.12. The molecule has 0 spiro atoms. The van der Waals surface area contributed by atoms with Crippen LogP contribution in [0.4, 0.5) is 0 Å². The van der Waals surface area contributed by atoms with E-state index in [0.29, 0.717) is 0 Å². The number of hydrogen-bond acceptors (Lipinski definition) is 3. The highest BCUT2D eigenvalue weighted by molar-refractivity contribution is 5.11. The van der Waals surface area contributed by atoms with Gasteiger partial charge in [0.05, 0.1) is 0 Å². The van der Waals surface area contributed by atoms with Crippen LogP contribution in [-0.2, 0) is 6.54 Å². The summed E-state index contributed by atoms with van der Waals surface area (Å²) in [6.07, 6.45) is 7.41. The summed E-state index contributed by atoms with van der Waals surface area (Å²) in [6.45, 7) is 5.98. The van der Waals surface area contributed by atoms with E-state index in [1.165, 1.54) is 0 Å². The van der Waals surface area contributed by atoms with Crippen LogP contribution in [0.2, 0.25) is 0 Å². The van der Waals surface area contributed by atoms with E-state index in [0.717, 1.165) is 24.7 Å². The van der Waals surface area contributed by atoms with E-state index >= 15 is 0 Å². The van der Waals surface area contributed by atoms with E-state index in [1.54, 1.807) is 6.20 Å². The van der Waals surface area contributed by atoms with Crippen LogP contribution in [0.3, 0.4) is 0 Å². The molecule has 0 saturated carbocycles. The average molecular weight is 219 g/mol. The fraction of sp³-hybridized carbons (Fsp3) is 0.455. The molecule has 5 heteroatoms. The summed E-state index contributed by atoms with van der Waals surface area (Å²) in [5.41, 5.74) is 0. The van der Waals surface area contributed by atoms with Gasteiger partial charge >= 0.3 is 0 Å². The minimum Gasteiger partial charge on any atom is -0.347 e. The molecule has 0 fully saturated rings. The monoisotopic (exact) mass is 219 g/mol. The number of nitrogens with zero attached hydrogens (tertiary/aromatic N) is 3. The molecule has 2 heterocycles. The van der Waals surface area contributed by atoms with Crippen molar-refractivity contribution in [3.8, 4) is 0 Å². The van der Waals surface area contributed by atoms with Gasteiger partial charge in [-0.3, -0.25) is 0 Å². The molecular weight excluding hydrogens is 202 g/mol. The van der Waals surface area contributed by atoms with Crippen molar-refractivity contribution >= 4 is 0 Å². The molecule has 1 atom stereocenters. The van der Waals surface area contributed by atoms with Crippen molar-refractivity contribution in [3.63, 3.8) is 0 Å². The third kappa shape index (κ3) is 1.99. The van der Waals surface area contributed by atoms with E-state index in [-0.39, 0.29) is 6.04 Å². The summed E-state index contributed by atoms with van der Waals surface area (Å²) >= 11 is 0. The molecule has 16 heavy (non-hydrogen) atoms. The van der Waals surface area contributed by atoms with Gasteiger partial charge < -0.3 is 14.9 Å². The minimum absolute atomic E-state index is 0.0370. The fourth-order valence-corrected chi connectivity index (χ4v) is 1.80. The highest BCUT2D eigenvalue weighted by atomic mass is 15.1. The van der Waals surface area contributed by atoms with E-state index in [2.05, 4.69) is 38.7 Å². The van der Waals surface area contributed by atoms with Gasteiger partial charge in [0.25, 0.3) is 0 Å². The maximum absolute atomic E-state index is 4.40. The molecule has 0 radical (unpaired) electrons. The topological polar surface area (TPSA) is 58.5 Å². The second kappa shape index (κ2) is 4.94. The SMILES string of the molecule is CCNC(c1ncc[nH]1)c1nccn1CC. The summed E-state index contributed by atoms with van der Waals surface area (Å²) in [4.78, 5) is 11.8. The van der Waals surface area contributed by atoms with Crippen LogP contribution in [0.15, 0.2) is 24.8 Å². The molecule has 2 N–H and O–H groups in total. The summed E-state index contributed by atoms with van der Waals surface area (Å²) in [5, 5.41) is 3.39. The summed E-state index contributed by atoms with van der Waals surface area (Å²) in [5.74, 6) is 1.90. The lowest BCUT2D eigenvalue weighted by Crippen LogP contribution is -2.26. The Morgan fingerprint density at radius 2 is 2.25 bits per heavy atom. The van der Waals surface area contributed by atoms with Crippen molar-refractivity contribution in [2.75, 3.05) is 6.54 Å². The van der Waals surface area contributed by atoms with Gasteiger partial charge in [0, 0.05) is 31.3 Å².